The first-order valence-corrected chi connectivity index (χ1v) is 5.70. The van der Waals surface area contributed by atoms with Crippen molar-refractivity contribution in [2.75, 3.05) is 0 Å². The van der Waals surface area contributed by atoms with Crippen LogP contribution in [0.3, 0.4) is 0 Å². The number of rotatable bonds is 3. The lowest BCUT2D eigenvalue weighted by atomic mass is 9.95. The quantitative estimate of drug-likeness (QED) is 0.832. The van der Waals surface area contributed by atoms with E-state index in [4.69, 9.17) is 9.84 Å². The lowest BCUT2D eigenvalue weighted by Crippen LogP contribution is -2.27. The number of aromatic carboxylic acids is 1. The topological polar surface area (TPSA) is 79.7 Å². The highest BCUT2D eigenvalue weighted by Crippen LogP contribution is 2.24. The van der Waals surface area contributed by atoms with Crippen LogP contribution >= 0.6 is 0 Å². The molecule has 1 saturated carbocycles. The standard InChI is InChI=1S/C12H15NO4/c14-8-3-5-9(6-4-8)17-11-10(12(15)16)2-1-7-13-11/h1-2,7-9,14H,3-6H2,(H,15,16). The molecule has 0 spiro atoms. The van der Waals surface area contributed by atoms with Crippen molar-refractivity contribution < 1.29 is 19.7 Å². The van der Waals surface area contributed by atoms with E-state index in [1.165, 1.54) is 12.3 Å². The van der Waals surface area contributed by atoms with Gasteiger partial charge in [0.2, 0.25) is 5.88 Å². The Bertz CT molecular complexity index is 399. The van der Waals surface area contributed by atoms with Crippen molar-refractivity contribution in [1.29, 1.82) is 0 Å². The van der Waals surface area contributed by atoms with E-state index in [1.807, 2.05) is 0 Å². The fourth-order valence-corrected chi connectivity index (χ4v) is 1.97. The molecule has 5 nitrogen and oxygen atoms in total. The third-order valence-corrected chi connectivity index (χ3v) is 2.92. The molecule has 0 unspecified atom stereocenters. The molecule has 2 N–H and O–H groups in total. The first-order chi connectivity index (χ1) is 8.16. The molecule has 0 aliphatic heterocycles. The molecule has 92 valence electrons. The van der Waals surface area contributed by atoms with E-state index in [0.717, 1.165) is 12.8 Å². The highest BCUT2D eigenvalue weighted by Gasteiger charge is 2.23. The molecule has 0 radical (unpaired) electrons. The number of aromatic nitrogens is 1. The number of hydrogen-bond donors (Lipinski definition) is 2. The predicted molar refractivity (Wildman–Crippen MR) is 60.1 cm³/mol. The second kappa shape index (κ2) is 5.14. The summed E-state index contributed by atoms with van der Waals surface area (Å²) in [6.45, 7) is 0. The predicted octanol–water partition coefficient (Wildman–Crippen LogP) is 1.46. The van der Waals surface area contributed by atoms with Crippen molar-refractivity contribution in [1.82, 2.24) is 4.98 Å². The number of aliphatic hydroxyl groups excluding tert-OH is 1. The zero-order chi connectivity index (χ0) is 12.3. The van der Waals surface area contributed by atoms with Crippen LogP contribution in [0, 0.1) is 0 Å². The summed E-state index contributed by atoms with van der Waals surface area (Å²) in [6, 6.07) is 3.04. The SMILES string of the molecule is O=C(O)c1cccnc1OC1CCC(O)CC1. The van der Waals surface area contributed by atoms with Crippen LogP contribution in [0.4, 0.5) is 0 Å². The van der Waals surface area contributed by atoms with Crippen LogP contribution in [0.1, 0.15) is 36.0 Å². The summed E-state index contributed by atoms with van der Waals surface area (Å²) in [5.74, 6) is -0.870. The molecule has 0 aromatic carbocycles. The molecular weight excluding hydrogens is 222 g/mol. The molecule has 5 heteroatoms. The van der Waals surface area contributed by atoms with Gasteiger partial charge in [-0.3, -0.25) is 0 Å². The summed E-state index contributed by atoms with van der Waals surface area (Å²) < 4.78 is 5.59. The summed E-state index contributed by atoms with van der Waals surface area (Å²) in [7, 11) is 0. The van der Waals surface area contributed by atoms with E-state index >= 15 is 0 Å². The van der Waals surface area contributed by atoms with Crippen molar-refractivity contribution in [3.63, 3.8) is 0 Å². The van der Waals surface area contributed by atoms with Gasteiger partial charge in [0.25, 0.3) is 0 Å². The number of carboxylic acids is 1. The van der Waals surface area contributed by atoms with Gasteiger partial charge in [-0.1, -0.05) is 0 Å². The van der Waals surface area contributed by atoms with Crippen LogP contribution in [0.25, 0.3) is 0 Å². The van der Waals surface area contributed by atoms with Crippen LogP contribution in [-0.4, -0.2) is 33.4 Å². The zero-order valence-corrected chi connectivity index (χ0v) is 9.37. The van der Waals surface area contributed by atoms with E-state index in [2.05, 4.69) is 4.98 Å². The van der Waals surface area contributed by atoms with Gasteiger partial charge in [-0.2, -0.15) is 0 Å². The lowest BCUT2D eigenvalue weighted by Gasteiger charge is -2.26. The van der Waals surface area contributed by atoms with Crippen molar-refractivity contribution in [3.8, 4) is 5.88 Å². The van der Waals surface area contributed by atoms with E-state index in [9.17, 15) is 9.90 Å². The second-order valence-corrected chi connectivity index (χ2v) is 4.21. The zero-order valence-electron chi connectivity index (χ0n) is 9.37. The fourth-order valence-electron chi connectivity index (χ4n) is 1.97. The normalized spacial score (nSPS) is 24.3. The van der Waals surface area contributed by atoms with Crippen molar-refractivity contribution in [3.05, 3.63) is 23.9 Å². The first-order valence-electron chi connectivity index (χ1n) is 5.70. The second-order valence-electron chi connectivity index (χ2n) is 4.21. The Morgan fingerprint density at radius 1 is 1.35 bits per heavy atom. The summed E-state index contributed by atoms with van der Waals surface area (Å²) in [5.41, 5.74) is 0.0821. The molecule has 0 saturated heterocycles. The van der Waals surface area contributed by atoms with Gasteiger partial charge in [-0.15, -0.1) is 0 Å². The minimum absolute atomic E-state index is 0.0496. The van der Waals surface area contributed by atoms with Gasteiger partial charge in [0.1, 0.15) is 11.7 Å². The van der Waals surface area contributed by atoms with Gasteiger partial charge >= 0.3 is 5.97 Å². The van der Waals surface area contributed by atoms with Crippen LogP contribution in [-0.2, 0) is 0 Å². The molecule has 1 heterocycles. The molecule has 0 atom stereocenters. The van der Waals surface area contributed by atoms with Crippen LogP contribution in [0.5, 0.6) is 5.88 Å². The molecule has 1 aliphatic carbocycles. The largest absolute Gasteiger partial charge is 0.477 e. The molecule has 17 heavy (non-hydrogen) atoms. The number of ether oxygens (including phenoxy) is 1. The smallest absolute Gasteiger partial charge is 0.341 e. The summed E-state index contributed by atoms with van der Waals surface area (Å²) >= 11 is 0. The maximum atomic E-state index is 11.0. The molecule has 0 amide bonds. The number of pyridine rings is 1. The summed E-state index contributed by atoms with van der Waals surface area (Å²) in [4.78, 5) is 14.9. The maximum Gasteiger partial charge on any atom is 0.341 e. The van der Waals surface area contributed by atoms with E-state index in [-0.39, 0.29) is 23.7 Å². The highest BCUT2D eigenvalue weighted by molar-refractivity contribution is 5.90. The number of carboxylic acid groups (broad SMARTS) is 1. The van der Waals surface area contributed by atoms with Gasteiger partial charge in [0.05, 0.1) is 6.10 Å². The molecule has 1 fully saturated rings. The average Bonchev–Trinajstić information content (AvgIpc) is 2.32. The third kappa shape index (κ3) is 2.94. The van der Waals surface area contributed by atoms with Gasteiger partial charge in [0.15, 0.2) is 0 Å². The highest BCUT2D eigenvalue weighted by atomic mass is 16.5. The van der Waals surface area contributed by atoms with Gasteiger partial charge in [-0.05, 0) is 37.8 Å². The molecular formula is C12H15NO4. The van der Waals surface area contributed by atoms with Crippen molar-refractivity contribution in [2.45, 2.75) is 37.9 Å². The van der Waals surface area contributed by atoms with Crippen molar-refractivity contribution >= 4 is 5.97 Å². The van der Waals surface area contributed by atoms with Crippen LogP contribution in [0.2, 0.25) is 0 Å². The minimum atomic E-state index is -1.04. The monoisotopic (exact) mass is 237 g/mol. The Morgan fingerprint density at radius 3 is 2.71 bits per heavy atom. The van der Waals surface area contributed by atoms with Gasteiger partial charge in [-0.25, -0.2) is 9.78 Å². The Morgan fingerprint density at radius 2 is 2.06 bits per heavy atom. The first kappa shape index (κ1) is 11.9. The van der Waals surface area contributed by atoms with E-state index in [0.29, 0.717) is 12.8 Å². The van der Waals surface area contributed by atoms with Gasteiger partial charge in [0, 0.05) is 6.20 Å². The molecule has 0 bridgehead atoms. The summed E-state index contributed by atoms with van der Waals surface area (Å²) in [5, 5.41) is 18.3. The number of nitrogens with zero attached hydrogens (tertiary/aromatic N) is 1. The number of carbonyl (C=O) groups is 1. The molecule has 2 rings (SSSR count). The Balaban J connectivity index is 2.05. The van der Waals surface area contributed by atoms with Crippen LogP contribution < -0.4 is 4.74 Å². The Labute approximate surface area is 99.1 Å². The third-order valence-electron chi connectivity index (χ3n) is 2.92. The average molecular weight is 237 g/mol. The van der Waals surface area contributed by atoms with Crippen molar-refractivity contribution in [2.24, 2.45) is 0 Å². The van der Waals surface area contributed by atoms with Crippen LogP contribution in [0.15, 0.2) is 18.3 Å². The van der Waals surface area contributed by atoms with E-state index in [1.54, 1.807) is 6.07 Å². The molecule has 1 aliphatic rings. The Kier molecular flexibility index (Phi) is 3.58. The van der Waals surface area contributed by atoms with Gasteiger partial charge < -0.3 is 14.9 Å². The maximum absolute atomic E-state index is 11.0. The number of aliphatic hydroxyl groups is 1. The summed E-state index contributed by atoms with van der Waals surface area (Å²) in [6.07, 6.45) is 4.07. The molecule has 1 aromatic rings. The molecule has 1 aromatic heterocycles. The van der Waals surface area contributed by atoms with E-state index < -0.39 is 5.97 Å². The minimum Gasteiger partial charge on any atom is -0.477 e. The number of hydrogen-bond acceptors (Lipinski definition) is 4. The Hall–Kier alpha value is -1.62. The lowest BCUT2D eigenvalue weighted by molar-refractivity contribution is 0.0594. The fraction of sp³-hybridized carbons (Fsp3) is 0.500.